The van der Waals surface area contributed by atoms with Crippen molar-refractivity contribution in [3.63, 3.8) is 0 Å². The van der Waals surface area contributed by atoms with E-state index in [2.05, 4.69) is 4.98 Å². The molecule has 0 bridgehead atoms. The average Bonchev–Trinajstić information content (AvgIpc) is 2.70. The van der Waals surface area contributed by atoms with Crippen LogP contribution >= 0.6 is 35.4 Å². The van der Waals surface area contributed by atoms with E-state index >= 15 is 0 Å². The topological polar surface area (TPSA) is 20.7 Å². The summed E-state index contributed by atoms with van der Waals surface area (Å²) in [6, 6.07) is 6.94. The van der Waals surface area contributed by atoms with Crippen LogP contribution in [0.3, 0.4) is 0 Å². The molecule has 0 aliphatic rings. The van der Waals surface area contributed by atoms with Crippen LogP contribution < -0.4 is 0 Å². The number of aromatic nitrogens is 2. The highest BCUT2D eigenvalue weighted by Gasteiger charge is 2.15. The number of halogens is 4. The Balaban J connectivity index is 2.45. The molecule has 3 rings (SSSR count). The number of nitrogens with zero attached hydrogens (tertiary/aromatic N) is 1. The van der Waals surface area contributed by atoms with E-state index in [4.69, 9.17) is 35.4 Å². The third-order valence-corrected chi connectivity index (χ3v) is 3.98. The van der Waals surface area contributed by atoms with Gasteiger partial charge in [0.2, 0.25) is 0 Å². The first-order chi connectivity index (χ1) is 9.49. The fourth-order valence-corrected chi connectivity index (χ4v) is 2.72. The molecule has 1 aromatic heterocycles. The molecule has 0 unspecified atom stereocenters. The quantitative estimate of drug-likeness (QED) is 0.602. The molecule has 0 saturated heterocycles. The Morgan fingerprint density at radius 2 is 1.90 bits per heavy atom. The van der Waals surface area contributed by atoms with Crippen molar-refractivity contribution in [3.05, 3.63) is 56.8 Å². The Morgan fingerprint density at radius 1 is 1.15 bits per heavy atom. The van der Waals surface area contributed by atoms with E-state index in [1.165, 1.54) is 10.6 Å². The maximum Gasteiger partial charge on any atom is 0.182 e. The van der Waals surface area contributed by atoms with Gasteiger partial charge in [0.1, 0.15) is 11.3 Å². The van der Waals surface area contributed by atoms with Gasteiger partial charge in [0, 0.05) is 12.1 Å². The van der Waals surface area contributed by atoms with Crippen LogP contribution in [0.1, 0.15) is 0 Å². The second kappa shape index (κ2) is 4.84. The summed E-state index contributed by atoms with van der Waals surface area (Å²) >= 11 is 17.3. The van der Waals surface area contributed by atoms with Gasteiger partial charge in [0.15, 0.2) is 10.6 Å². The summed E-state index contributed by atoms with van der Waals surface area (Å²) in [7, 11) is 0. The van der Waals surface area contributed by atoms with E-state index in [0.29, 0.717) is 10.7 Å². The number of rotatable bonds is 1. The molecule has 0 fully saturated rings. The van der Waals surface area contributed by atoms with Crippen LogP contribution in [0.5, 0.6) is 0 Å². The normalized spacial score (nSPS) is 11.2. The minimum absolute atomic E-state index is 0.118. The SMILES string of the molecule is Fc1cc(F)c2[nH]c(=S)n(-c3cccc(Cl)c3Cl)c2c1. The van der Waals surface area contributed by atoms with Crippen molar-refractivity contribution in [2.45, 2.75) is 0 Å². The van der Waals surface area contributed by atoms with Crippen molar-refractivity contribution in [2.75, 3.05) is 0 Å². The first-order valence-corrected chi connectivity index (χ1v) is 6.69. The monoisotopic (exact) mass is 330 g/mol. The molecular formula is C13H6Cl2F2N2S. The maximum absolute atomic E-state index is 13.7. The van der Waals surface area contributed by atoms with Crippen molar-refractivity contribution >= 4 is 46.5 Å². The molecule has 0 aliphatic heterocycles. The van der Waals surface area contributed by atoms with Crippen LogP contribution in [-0.4, -0.2) is 9.55 Å². The van der Waals surface area contributed by atoms with Crippen LogP contribution in [0.4, 0.5) is 8.78 Å². The molecule has 0 spiro atoms. The summed E-state index contributed by atoms with van der Waals surface area (Å²) < 4.78 is 28.8. The number of hydrogen-bond donors (Lipinski definition) is 1. The lowest BCUT2D eigenvalue weighted by Gasteiger charge is -2.08. The summed E-state index contributed by atoms with van der Waals surface area (Å²) in [6.07, 6.45) is 0. The molecule has 0 radical (unpaired) electrons. The number of hydrogen-bond acceptors (Lipinski definition) is 1. The highest BCUT2D eigenvalue weighted by molar-refractivity contribution is 7.71. The predicted octanol–water partition coefficient (Wildman–Crippen LogP) is 5.27. The van der Waals surface area contributed by atoms with Crippen LogP contribution in [0.2, 0.25) is 10.0 Å². The van der Waals surface area contributed by atoms with Gasteiger partial charge in [0.25, 0.3) is 0 Å². The Kier molecular flexibility index (Phi) is 3.28. The summed E-state index contributed by atoms with van der Waals surface area (Å²) in [6.45, 7) is 0. The van der Waals surface area contributed by atoms with Gasteiger partial charge in [-0.3, -0.25) is 4.57 Å². The molecule has 1 heterocycles. The molecule has 0 aliphatic carbocycles. The zero-order chi connectivity index (χ0) is 14.4. The second-order valence-corrected chi connectivity index (χ2v) is 5.29. The number of imidazole rings is 1. The van der Waals surface area contributed by atoms with Crippen LogP contribution in [-0.2, 0) is 0 Å². The predicted molar refractivity (Wildman–Crippen MR) is 78.4 cm³/mol. The molecule has 0 atom stereocenters. The zero-order valence-corrected chi connectivity index (χ0v) is 12.1. The van der Waals surface area contributed by atoms with E-state index in [-0.39, 0.29) is 20.8 Å². The average molecular weight is 331 g/mol. The summed E-state index contributed by atoms with van der Waals surface area (Å²) in [5, 5.41) is 0.591. The third kappa shape index (κ3) is 2.02. The molecule has 0 amide bonds. The molecule has 0 saturated carbocycles. The van der Waals surface area contributed by atoms with Crippen LogP contribution in [0, 0.1) is 16.4 Å². The lowest BCUT2D eigenvalue weighted by atomic mass is 10.2. The fraction of sp³-hybridized carbons (Fsp3) is 0. The van der Waals surface area contributed by atoms with Gasteiger partial charge in [-0.1, -0.05) is 29.3 Å². The Labute approximate surface area is 127 Å². The minimum atomic E-state index is -0.719. The summed E-state index contributed by atoms with van der Waals surface area (Å²) in [5.41, 5.74) is 0.838. The lowest BCUT2D eigenvalue weighted by Crippen LogP contribution is -1.96. The molecule has 7 heteroatoms. The molecule has 2 nitrogen and oxygen atoms in total. The Bertz CT molecular complexity index is 886. The third-order valence-electron chi connectivity index (χ3n) is 2.88. The van der Waals surface area contributed by atoms with Gasteiger partial charge in [0.05, 0.1) is 21.2 Å². The number of benzene rings is 2. The van der Waals surface area contributed by atoms with Crippen LogP contribution in [0.15, 0.2) is 30.3 Å². The van der Waals surface area contributed by atoms with Gasteiger partial charge in [-0.05, 0) is 24.4 Å². The maximum atomic E-state index is 13.7. The van der Waals surface area contributed by atoms with E-state index in [1.54, 1.807) is 18.2 Å². The number of fused-ring (bicyclic) bond motifs is 1. The van der Waals surface area contributed by atoms with Crippen molar-refractivity contribution in [2.24, 2.45) is 0 Å². The molecule has 1 N–H and O–H groups in total. The highest BCUT2D eigenvalue weighted by atomic mass is 35.5. The summed E-state index contributed by atoms with van der Waals surface area (Å²) in [4.78, 5) is 2.70. The molecule has 3 aromatic rings. The van der Waals surface area contributed by atoms with Crippen LogP contribution in [0.25, 0.3) is 16.7 Å². The largest absolute Gasteiger partial charge is 0.328 e. The van der Waals surface area contributed by atoms with Gasteiger partial charge >= 0.3 is 0 Å². The molecule has 20 heavy (non-hydrogen) atoms. The van der Waals surface area contributed by atoms with E-state index in [0.717, 1.165) is 6.07 Å². The van der Waals surface area contributed by atoms with Crippen molar-refractivity contribution < 1.29 is 8.78 Å². The van der Waals surface area contributed by atoms with Gasteiger partial charge in [-0.15, -0.1) is 0 Å². The number of H-pyrrole nitrogens is 1. The zero-order valence-electron chi connectivity index (χ0n) is 9.75. The van der Waals surface area contributed by atoms with Gasteiger partial charge < -0.3 is 4.98 Å². The Morgan fingerprint density at radius 3 is 2.65 bits per heavy atom. The molecule has 102 valence electrons. The summed E-state index contributed by atoms with van der Waals surface area (Å²) in [5.74, 6) is -1.42. The first-order valence-electron chi connectivity index (χ1n) is 5.53. The fourth-order valence-electron chi connectivity index (χ4n) is 2.04. The van der Waals surface area contributed by atoms with Gasteiger partial charge in [-0.25, -0.2) is 8.78 Å². The van der Waals surface area contributed by atoms with Crippen molar-refractivity contribution in [3.8, 4) is 5.69 Å². The molecule has 2 aromatic carbocycles. The molecular weight excluding hydrogens is 325 g/mol. The van der Waals surface area contributed by atoms with E-state index < -0.39 is 11.6 Å². The number of nitrogens with one attached hydrogen (secondary N) is 1. The van der Waals surface area contributed by atoms with E-state index in [9.17, 15) is 8.78 Å². The minimum Gasteiger partial charge on any atom is -0.328 e. The Hall–Kier alpha value is -1.43. The highest BCUT2D eigenvalue weighted by Crippen LogP contribution is 2.31. The first kappa shape index (κ1) is 13.5. The smallest absolute Gasteiger partial charge is 0.182 e. The van der Waals surface area contributed by atoms with E-state index in [1.807, 2.05) is 0 Å². The van der Waals surface area contributed by atoms with Crippen molar-refractivity contribution in [1.82, 2.24) is 9.55 Å². The number of aromatic amines is 1. The van der Waals surface area contributed by atoms with Crippen molar-refractivity contribution in [1.29, 1.82) is 0 Å². The lowest BCUT2D eigenvalue weighted by molar-refractivity contribution is 0.590. The standard InChI is InChI=1S/C13H6Cl2F2N2S/c14-7-2-1-3-9(11(7)15)19-10-5-6(16)4-8(17)12(10)18-13(19)20/h1-5H,(H,18,20). The second-order valence-electron chi connectivity index (χ2n) is 4.12. The van der Waals surface area contributed by atoms with Gasteiger partial charge in [-0.2, -0.15) is 0 Å².